The Morgan fingerprint density at radius 2 is 1.88 bits per heavy atom. The molecule has 0 aliphatic rings. The highest BCUT2D eigenvalue weighted by Crippen LogP contribution is 2.40. The molecule has 0 saturated carbocycles. The molecule has 0 aliphatic carbocycles. The zero-order valence-electron chi connectivity index (χ0n) is 14.6. The quantitative estimate of drug-likeness (QED) is 0.629. The maximum atomic E-state index is 12.5. The average Bonchev–Trinajstić information content (AvgIpc) is 2.90. The highest BCUT2D eigenvalue weighted by Gasteiger charge is 2.25. The molecule has 2 rings (SSSR count). The molecule has 2 aromatic rings. The fourth-order valence-electron chi connectivity index (χ4n) is 2.52. The lowest BCUT2D eigenvalue weighted by Gasteiger charge is -2.09. The van der Waals surface area contributed by atoms with Crippen LogP contribution in [-0.2, 0) is 9.53 Å². The van der Waals surface area contributed by atoms with Crippen molar-refractivity contribution in [2.24, 2.45) is 0 Å². The number of amides is 1. The molecular formula is C19H22ClNO3S. The van der Waals surface area contributed by atoms with Crippen LogP contribution in [0.2, 0.25) is 5.02 Å². The molecule has 1 aromatic heterocycles. The number of halogens is 1. The molecule has 0 atom stereocenters. The minimum atomic E-state index is -0.428. The summed E-state index contributed by atoms with van der Waals surface area (Å²) in [6.45, 7) is 6.00. The molecule has 1 aromatic carbocycles. The van der Waals surface area contributed by atoms with E-state index in [1.807, 2.05) is 26.0 Å². The van der Waals surface area contributed by atoms with Crippen molar-refractivity contribution in [1.29, 1.82) is 0 Å². The van der Waals surface area contributed by atoms with Gasteiger partial charge in [0.1, 0.15) is 10.6 Å². The van der Waals surface area contributed by atoms with E-state index in [1.165, 1.54) is 11.3 Å². The average molecular weight is 380 g/mol. The molecule has 6 heteroatoms. The first kappa shape index (κ1) is 19.5. The van der Waals surface area contributed by atoms with E-state index in [0.29, 0.717) is 22.0 Å². The van der Waals surface area contributed by atoms with Gasteiger partial charge in [-0.25, -0.2) is 4.79 Å². The third-order valence-corrected chi connectivity index (χ3v) is 4.98. The zero-order chi connectivity index (χ0) is 18.4. The molecule has 1 amide bonds. The van der Waals surface area contributed by atoms with Gasteiger partial charge in [0.05, 0.1) is 6.61 Å². The topological polar surface area (TPSA) is 55.4 Å². The Balaban J connectivity index is 2.46. The van der Waals surface area contributed by atoms with E-state index in [2.05, 4.69) is 5.32 Å². The molecule has 1 N–H and O–H groups in total. The normalized spacial score (nSPS) is 10.6. The van der Waals surface area contributed by atoms with Gasteiger partial charge in [0, 0.05) is 21.9 Å². The van der Waals surface area contributed by atoms with Gasteiger partial charge in [0.25, 0.3) is 0 Å². The molecule has 0 spiro atoms. The van der Waals surface area contributed by atoms with E-state index in [9.17, 15) is 9.59 Å². The Bertz CT molecular complexity index is 753. The van der Waals surface area contributed by atoms with Gasteiger partial charge < -0.3 is 10.1 Å². The number of thiophene rings is 1. The van der Waals surface area contributed by atoms with E-state index in [4.69, 9.17) is 16.3 Å². The van der Waals surface area contributed by atoms with Crippen LogP contribution >= 0.6 is 22.9 Å². The second kappa shape index (κ2) is 9.02. The van der Waals surface area contributed by atoms with Crippen LogP contribution in [0.4, 0.5) is 5.00 Å². The minimum absolute atomic E-state index is 0.0868. The SMILES string of the molecule is CCCCC(=O)Nc1sc(C)c(-c2ccc(Cl)cc2)c1C(=O)OCC. The predicted molar refractivity (Wildman–Crippen MR) is 104 cm³/mol. The van der Waals surface area contributed by atoms with E-state index in [0.717, 1.165) is 28.8 Å². The number of carbonyl (C=O) groups is 2. The number of carbonyl (C=O) groups excluding carboxylic acids is 2. The number of benzene rings is 1. The molecular weight excluding hydrogens is 358 g/mol. The van der Waals surface area contributed by atoms with Gasteiger partial charge in [-0.2, -0.15) is 0 Å². The summed E-state index contributed by atoms with van der Waals surface area (Å²) in [7, 11) is 0. The van der Waals surface area contributed by atoms with Crippen molar-refractivity contribution in [2.75, 3.05) is 11.9 Å². The molecule has 0 saturated heterocycles. The van der Waals surface area contributed by atoms with Gasteiger partial charge in [-0.1, -0.05) is 37.1 Å². The third kappa shape index (κ3) is 4.83. The molecule has 0 bridgehead atoms. The summed E-state index contributed by atoms with van der Waals surface area (Å²) in [5.41, 5.74) is 2.07. The van der Waals surface area contributed by atoms with Crippen molar-refractivity contribution in [3.05, 3.63) is 39.7 Å². The van der Waals surface area contributed by atoms with Gasteiger partial charge in [-0.15, -0.1) is 11.3 Å². The lowest BCUT2D eigenvalue weighted by atomic mass is 10.0. The van der Waals surface area contributed by atoms with Crippen molar-refractivity contribution in [3.63, 3.8) is 0 Å². The van der Waals surface area contributed by atoms with Crippen molar-refractivity contribution in [1.82, 2.24) is 0 Å². The van der Waals surface area contributed by atoms with Crippen LogP contribution in [0.25, 0.3) is 11.1 Å². The molecule has 134 valence electrons. The number of anilines is 1. The van der Waals surface area contributed by atoms with E-state index >= 15 is 0 Å². The summed E-state index contributed by atoms with van der Waals surface area (Å²) in [5, 5.41) is 4.05. The van der Waals surface area contributed by atoms with Crippen LogP contribution in [0.3, 0.4) is 0 Å². The molecule has 0 unspecified atom stereocenters. The third-order valence-electron chi connectivity index (χ3n) is 3.71. The van der Waals surface area contributed by atoms with E-state index in [-0.39, 0.29) is 12.5 Å². The Morgan fingerprint density at radius 1 is 1.20 bits per heavy atom. The molecule has 4 nitrogen and oxygen atoms in total. The number of hydrogen-bond donors (Lipinski definition) is 1. The molecule has 0 radical (unpaired) electrons. The van der Waals surface area contributed by atoms with Crippen LogP contribution in [0.5, 0.6) is 0 Å². The Hall–Kier alpha value is -1.85. The fraction of sp³-hybridized carbons (Fsp3) is 0.368. The largest absolute Gasteiger partial charge is 0.462 e. The lowest BCUT2D eigenvalue weighted by molar-refractivity contribution is -0.116. The first-order chi connectivity index (χ1) is 12.0. The summed E-state index contributed by atoms with van der Waals surface area (Å²) >= 11 is 7.36. The maximum Gasteiger partial charge on any atom is 0.341 e. The van der Waals surface area contributed by atoms with Crippen molar-refractivity contribution < 1.29 is 14.3 Å². The number of rotatable bonds is 7. The van der Waals surface area contributed by atoms with E-state index < -0.39 is 5.97 Å². The van der Waals surface area contributed by atoms with Gasteiger partial charge in [-0.05, 0) is 38.0 Å². The number of esters is 1. The van der Waals surface area contributed by atoms with Crippen molar-refractivity contribution in [2.45, 2.75) is 40.0 Å². The van der Waals surface area contributed by atoms with Gasteiger partial charge in [0.2, 0.25) is 5.91 Å². The van der Waals surface area contributed by atoms with Crippen LogP contribution in [0.1, 0.15) is 48.3 Å². The second-order valence-electron chi connectivity index (χ2n) is 5.62. The predicted octanol–water partition coefficient (Wildman–Crippen LogP) is 5.68. The molecule has 1 heterocycles. The summed E-state index contributed by atoms with van der Waals surface area (Å²) < 4.78 is 5.22. The highest BCUT2D eigenvalue weighted by atomic mass is 35.5. The number of unbranched alkanes of at least 4 members (excludes halogenated alkanes) is 1. The van der Waals surface area contributed by atoms with Gasteiger partial charge >= 0.3 is 5.97 Å². The fourth-order valence-corrected chi connectivity index (χ4v) is 3.73. The zero-order valence-corrected chi connectivity index (χ0v) is 16.2. The van der Waals surface area contributed by atoms with Gasteiger partial charge in [0.15, 0.2) is 0 Å². The van der Waals surface area contributed by atoms with Crippen molar-refractivity contribution >= 4 is 39.8 Å². The van der Waals surface area contributed by atoms with E-state index in [1.54, 1.807) is 19.1 Å². The summed E-state index contributed by atoms with van der Waals surface area (Å²) in [6.07, 6.45) is 2.19. The van der Waals surface area contributed by atoms with Crippen LogP contribution in [-0.4, -0.2) is 18.5 Å². The second-order valence-corrected chi connectivity index (χ2v) is 7.28. The van der Waals surface area contributed by atoms with Crippen LogP contribution in [0.15, 0.2) is 24.3 Å². The summed E-state index contributed by atoms with van der Waals surface area (Å²) in [6, 6.07) is 7.29. The van der Waals surface area contributed by atoms with Crippen molar-refractivity contribution in [3.8, 4) is 11.1 Å². The maximum absolute atomic E-state index is 12.5. The number of ether oxygens (including phenoxy) is 1. The summed E-state index contributed by atoms with van der Waals surface area (Å²) in [5.74, 6) is -0.515. The molecule has 0 fully saturated rings. The standard InChI is InChI=1S/C19H22ClNO3S/c1-4-6-7-15(22)21-18-17(19(23)24-5-2)16(12(3)25-18)13-8-10-14(20)11-9-13/h8-11H,4-7H2,1-3H3,(H,21,22). The Kier molecular flexibility index (Phi) is 7.02. The number of nitrogens with one attached hydrogen (secondary N) is 1. The smallest absolute Gasteiger partial charge is 0.341 e. The molecule has 0 aliphatic heterocycles. The number of aryl methyl sites for hydroxylation is 1. The van der Waals surface area contributed by atoms with Crippen LogP contribution < -0.4 is 5.32 Å². The van der Waals surface area contributed by atoms with Crippen LogP contribution in [0, 0.1) is 6.92 Å². The number of hydrogen-bond acceptors (Lipinski definition) is 4. The lowest BCUT2D eigenvalue weighted by Crippen LogP contribution is -2.14. The molecule has 25 heavy (non-hydrogen) atoms. The summed E-state index contributed by atoms with van der Waals surface area (Å²) in [4.78, 5) is 25.6. The minimum Gasteiger partial charge on any atom is -0.462 e. The van der Waals surface area contributed by atoms with Gasteiger partial charge in [-0.3, -0.25) is 4.79 Å². The monoisotopic (exact) mass is 379 g/mol. The first-order valence-corrected chi connectivity index (χ1v) is 9.53. The highest BCUT2D eigenvalue weighted by molar-refractivity contribution is 7.17. The Labute approximate surface area is 157 Å². The first-order valence-electron chi connectivity index (χ1n) is 8.34. The Morgan fingerprint density at radius 3 is 2.48 bits per heavy atom.